The topological polar surface area (TPSA) is 64.7 Å². The highest BCUT2D eigenvalue weighted by molar-refractivity contribution is 5.44. The fourth-order valence-electron chi connectivity index (χ4n) is 2.60. The summed E-state index contributed by atoms with van der Waals surface area (Å²) in [5.41, 5.74) is 7.62. The number of nitrogens with two attached hydrogens (primary N) is 1. The maximum absolute atomic E-state index is 13.4. The molecule has 1 heterocycles. The molecule has 2 aromatic carbocycles. The Kier molecular flexibility index (Phi) is 3.43. The molecule has 3 N–H and O–H groups in total. The number of hydrogen-bond acceptors (Lipinski definition) is 4. The van der Waals surface area contributed by atoms with Crippen LogP contribution in [0.2, 0.25) is 0 Å². The Labute approximate surface area is 121 Å². The number of fused-ring (bicyclic) bond motifs is 1. The summed E-state index contributed by atoms with van der Waals surface area (Å²) < 4.78 is 24.5. The van der Waals surface area contributed by atoms with Crippen molar-refractivity contribution < 1.29 is 19.0 Å². The van der Waals surface area contributed by atoms with Crippen LogP contribution in [-0.2, 0) is 0 Å². The predicted octanol–water partition coefficient (Wildman–Crippen LogP) is 3.06. The van der Waals surface area contributed by atoms with E-state index < -0.39 is 5.82 Å². The number of hydrogen-bond donors (Lipinski definition) is 2. The van der Waals surface area contributed by atoms with Crippen molar-refractivity contribution in [2.45, 2.75) is 18.6 Å². The molecule has 0 bridgehead atoms. The van der Waals surface area contributed by atoms with Gasteiger partial charge < -0.3 is 20.3 Å². The van der Waals surface area contributed by atoms with Crippen molar-refractivity contribution in [3.63, 3.8) is 0 Å². The van der Waals surface area contributed by atoms with Crippen molar-refractivity contribution in [2.75, 3.05) is 7.11 Å². The van der Waals surface area contributed by atoms with E-state index in [9.17, 15) is 9.50 Å². The molecule has 0 saturated heterocycles. The maximum Gasteiger partial charge on any atom is 0.127 e. The number of halogens is 1. The number of phenolic OH excluding ortho intramolecular Hbond substituents is 1. The molecule has 5 heteroatoms. The van der Waals surface area contributed by atoms with Gasteiger partial charge in [0.05, 0.1) is 7.11 Å². The van der Waals surface area contributed by atoms with Gasteiger partial charge in [-0.2, -0.15) is 0 Å². The van der Waals surface area contributed by atoms with Gasteiger partial charge >= 0.3 is 0 Å². The molecule has 0 fully saturated rings. The third-order valence-corrected chi connectivity index (χ3v) is 3.63. The average Bonchev–Trinajstić information content (AvgIpc) is 2.46. The van der Waals surface area contributed by atoms with Crippen LogP contribution in [0.3, 0.4) is 0 Å². The minimum absolute atomic E-state index is 0.123. The number of ether oxygens (including phenoxy) is 2. The summed E-state index contributed by atoms with van der Waals surface area (Å²) >= 11 is 0. The fourth-order valence-corrected chi connectivity index (χ4v) is 2.60. The molecule has 1 aliphatic rings. The van der Waals surface area contributed by atoms with Crippen LogP contribution < -0.4 is 15.2 Å². The summed E-state index contributed by atoms with van der Waals surface area (Å²) in [6.45, 7) is 0. The Bertz CT molecular complexity index is 654. The fraction of sp³-hybridized carbons (Fsp3) is 0.250. The molecule has 110 valence electrons. The van der Waals surface area contributed by atoms with Crippen molar-refractivity contribution in [1.29, 1.82) is 0 Å². The summed E-state index contributed by atoms with van der Waals surface area (Å²) in [5.74, 6) is 0.753. The van der Waals surface area contributed by atoms with Crippen LogP contribution in [0.25, 0.3) is 0 Å². The van der Waals surface area contributed by atoms with Gasteiger partial charge in [0.2, 0.25) is 0 Å². The number of rotatable bonds is 2. The standard InChI is InChI=1S/C16H16FNO3/c1-20-12-2-3-15-13(7-12)14(18)8-16(21-15)9-4-10(17)6-11(19)5-9/h2-7,14,16,19H,8,18H2,1H3/t14-,16?/m1/s1. The Hall–Kier alpha value is -2.27. The van der Waals surface area contributed by atoms with Gasteiger partial charge in [-0.1, -0.05) is 0 Å². The molecule has 0 spiro atoms. The molecule has 0 aromatic heterocycles. The number of aromatic hydroxyl groups is 1. The molecular weight excluding hydrogens is 273 g/mol. The van der Waals surface area contributed by atoms with E-state index in [2.05, 4.69) is 0 Å². The molecule has 2 aromatic rings. The number of benzene rings is 2. The maximum atomic E-state index is 13.4. The van der Waals surface area contributed by atoms with Crippen molar-refractivity contribution in [3.05, 3.63) is 53.3 Å². The summed E-state index contributed by atoms with van der Waals surface area (Å²) in [6.07, 6.45) is 0.116. The van der Waals surface area contributed by atoms with Crippen molar-refractivity contribution in [2.24, 2.45) is 5.73 Å². The summed E-state index contributed by atoms with van der Waals surface area (Å²) in [5, 5.41) is 9.51. The minimum atomic E-state index is -0.498. The second kappa shape index (κ2) is 5.26. The van der Waals surface area contributed by atoms with Gasteiger partial charge in [-0.3, -0.25) is 0 Å². The normalized spacial score (nSPS) is 20.5. The smallest absolute Gasteiger partial charge is 0.127 e. The molecule has 1 aliphatic heterocycles. The van der Waals surface area contributed by atoms with Gasteiger partial charge in [0.15, 0.2) is 0 Å². The molecule has 0 aliphatic carbocycles. The monoisotopic (exact) mass is 289 g/mol. The van der Waals surface area contributed by atoms with Crippen LogP contribution in [0.5, 0.6) is 17.2 Å². The lowest BCUT2D eigenvalue weighted by Gasteiger charge is -2.31. The zero-order valence-corrected chi connectivity index (χ0v) is 11.5. The van der Waals surface area contributed by atoms with E-state index in [4.69, 9.17) is 15.2 Å². The first-order valence-electron chi connectivity index (χ1n) is 6.66. The Morgan fingerprint density at radius 3 is 2.81 bits per heavy atom. The molecule has 0 amide bonds. The van der Waals surface area contributed by atoms with Crippen LogP contribution >= 0.6 is 0 Å². The Balaban J connectivity index is 1.94. The van der Waals surface area contributed by atoms with Gasteiger partial charge in [0.1, 0.15) is 29.2 Å². The van der Waals surface area contributed by atoms with E-state index in [0.717, 1.165) is 17.4 Å². The second-order valence-electron chi connectivity index (χ2n) is 5.10. The average molecular weight is 289 g/mol. The highest BCUT2D eigenvalue weighted by Crippen LogP contribution is 2.41. The molecule has 2 atom stereocenters. The van der Waals surface area contributed by atoms with E-state index in [1.54, 1.807) is 19.2 Å². The van der Waals surface area contributed by atoms with Crippen LogP contribution in [-0.4, -0.2) is 12.2 Å². The molecule has 1 unspecified atom stereocenters. The summed E-state index contributed by atoms with van der Waals surface area (Å²) in [6, 6.07) is 9.10. The lowest BCUT2D eigenvalue weighted by atomic mass is 9.93. The lowest BCUT2D eigenvalue weighted by molar-refractivity contribution is 0.160. The quantitative estimate of drug-likeness (QED) is 0.891. The van der Waals surface area contributed by atoms with Gasteiger partial charge in [0.25, 0.3) is 0 Å². The summed E-state index contributed by atoms with van der Waals surface area (Å²) in [7, 11) is 1.59. The van der Waals surface area contributed by atoms with Crippen molar-refractivity contribution in [1.82, 2.24) is 0 Å². The third kappa shape index (κ3) is 2.64. The molecular formula is C16H16FNO3. The van der Waals surface area contributed by atoms with Crippen molar-refractivity contribution in [3.8, 4) is 17.2 Å². The highest BCUT2D eigenvalue weighted by atomic mass is 19.1. The molecule has 0 saturated carbocycles. The van der Waals surface area contributed by atoms with E-state index in [1.165, 1.54) is 12.1 Å². The zero-order valence-electron chi connectivity index (χ0n) is 11.5. The van der Waals surface area contributed by atoms with Gasteiger partial charge in [-0.05, 0) is 35.9 Å². The zero-order chi connectivity index (χ0) is 15.0. The predicted molar refractivity (Wildman–Crippen MR) is 76.0 cm³/mol. The van der Waals surface area contributed by atoms with Crippen LogP contribution in [0.15, 0.2) is 36.4 Å². The second-order valence-corrected chi connectivity index (χ2v) is 5.10. The Morgan fingerprint density at radius 1 is 1.29 bits per heavy atom. The van der Waals surface area contributed by atoms with E-state index in [0.29, 0.717) is 17.7 Å². The van der Waals surface area contributed by atoms with E-state index in [1.807, 2.05) is 6.07 Å². The Morgan fingerprint density at radius 2 is 2.10 bits per heavy atom. The molecule has 4 nitrogen and oxygen atoms in total. The SMILES string of the molecule is COc1ccc2c(c1)[C@H](N)CC(c1cc(O)cc(F)c1)O2. The van der Waals surface area contributed by atoms with Gasteiger partial charge in [-0.25, -0.2) is 4.39 Å². The largest absolute Gasteiger partial charge is 0.508 e. The van der Waals surface area contributed by atoms with E-state index in [-0.39, 0.29) is 17.9 Å². The first-order chi connectivity index (χ1) is 10.1. The van der Waals surface area contributed by atoms with Crippen molar-refractivity contribution >= 4 is 0 Å². The molecule has 21 heavy (non-hydrogen) atoms. The van der Waals surface area contributed by atoms with Crippen LogP contribution in [0.4, 0.5) is 4.39 Å². The van der Waals surface area contributed by atoms with Gasteiger partial charge in [0, 0.05) is 24.1 Å². The lowest BCUT2D eigenvalue weighted by Crippen LogP contribution is -2.24. The summed E-state index contributed by atoms with van der Waals surface area (Å²) in [4.78, 5) is 0. The minimum Gasteiger partial charge on any atom is -0.508 e. The number of methoxy groups -OCH3 is 1. The molecule has 0 radical (unpaired) electrons. The van der Waals surface area contributed by atoms with Gasteiger partial charge in [-0.15, -0.1) is 0 Å². The third-order valence-electron chi connectivity index (χ3n) is 3.63. The molecule has 3 rings (SSSR count). The first kappa shape index (κ1) is 13.7. The van der Waals surface area contributed by atoms with Crippen LogP contribution in [0, 0.1) is 5.82 Å². The highest BCUT2D eigenvalue weighted by Gasteiger charge is 2.28. The number of phenols is 1. The first-order valence-corrected chi connectivity index (χ1v) is 6.66. The van der Waals surface area contributed by atoms with Crippen LogP contribution in [0.1, 0.15) is 29.7 Å². The van der Waals surface area contributed by atoms with E-state index >= 15 is 0 Å².